The predicted molar refractivity (Wildman–Crippen MR) is 79.7 cm³/mol. The maximum atomic E-state index is 10.3. The largest absolute Gasteiger partial charge is 0.392 e. The molecule has 1 unspecified atom stereocenters. The number of hydrogen-bond acceptors (Lipinski definition) is 4. The van der Waals surface area contributed by atoms with Gasteiger partial charge in [-0.1, -0.05) is 18.2 Å². The van der Waals surface area contributed by atoms with E-state index < -0.39 is 5.60 Å². The number of rotatable bonds is 2. The Bertz CT molecular complexity index is 625. The predicted octanol–water partition coefficient (Wildman–Crippen LogP) is 2.08. The molecule has 1 saturated heterocycles. The van der Waals surface area contributed by atoms with Crippen molar-refractivity contribution in [2.24, 2.45) is 0 Å². The van der Waals surface area contributed by atoms with E-state index in [0.29, 0.717) is 6.54 Å². The first kappa shape index (κ1) is 13.3. The molecule has 1 aromatic carbocycles. The van der Waals surface area contributed by atoms with Gasteiger partial charge in [-0.2, -0.15) is 0 Å². The molecule has 3 rings (SSSR count). The van der Waals surface area contributed by atoms with Crippen LogP contribution >= 0.6 is 0 Å². The number of benzene rings is 1. The SMILES string of the molecule is CC1(O)CCCN(c2nc3ccccc3cc2CO)C1. The van der Waals surface area contributed by atoms with Crippen LogP contribution in [0.2, 0.25) is 0 Å². The number of pyridine rings is 1. The zero-order chi connectivity index (χ0) is 14.2. The number of para-hydroxylation sites is 1. The summed E-state index contributed by atoms with van der Waals surface area (Å²) < 4.78 is 0. The quantitative estimate of drug-likeness (QED) is 0.879. The average Bonchev–Trinajstić information content (AvgIpc) is 2.44. The van der Waals surface area contributed by atoms with Crippen molar-refractivity contribution in [3.05, 3.63) is 35.9 Å². The third-order valence-electron chi connectivity index (χ3n) is 3.92. The highest BCUT2D eigenvalue weighted by Gasteiger charge is 2.30. The summed E-state index contributed by atoms with van der Waals surface area (Å²) in [5.74, 6) is 0.797. The Morgan fingerprint density at radius 2 is 2.15 bits per heavy atom. The molecule has 0 aliphatic carbocycles. The molecule has 4 heteroatoms. The van der Waals surface area contributed by atoms with E-state index in [0.717, 1.165) is 41.7 Å². The molecular formula is C16H20N2O2. The van der Waals surface area contributed by atoms with Gasteiger partial charge in [-0.25, -0.2) is 4.98 Å². The van der Waals surface area contributed by atoms with Crippen molar-refractivity contribution in [3.8, 4) is 0 Å². The lowest BCUT2D eigenvalue weighted by atomic mass is 9.95. The van der Waals surface area contributed by atoms with Crippen molar-refractivity contribution >= 4 is 16.7 Å². The zero-order valence-corrected chi connectivity index (χ0v) is 11.7. The number of β-amino-alcohol motifs (C(OH)–C–C–N with tert-alkyl or cyclic N) is 1. The number of piperidine rings is 1. The summed E-state index contributed by atoms with van der Waals surface area (Å²) in [5, 5.41) is 20.9. The van der Waals surface area contributed by atoms with E-state index >= 15 is 0 Å². The topological polar surface area (TPSA) is 56.6 Å². The van der Waals surface area contributed by atoms with E-state index in [1.807, 2.05) is 37.3 Å². The molecule has 1 atom stereocenters. The van der Waals surface area contributed by atoms with Crippen LogP contribution in [-0.4, -0.2) is 33.9 Å². The zero-order valence-electron chi connectivity index (χ0n) is 11.7. The lowest BCUT2D eigenvalue weighted by molar-refractivity contribution is 0.0446. The van der Waals surface area contributed by atoms with Gasteiger partial charge in [0.1, 0.15) is 5.82 Å². The van der Waals surface area contributed by atoms with Crippen LogP contribution in [-0.2, 0) is 6.61 Å². The maximum Gasteiger partial charge on any atom is 0.134 e. The Balaban J connectivity index is 2.05. The van der Waals surface area contributed by atoms with Crippen molar-refractivity contribution in [1.29, 1.82) is 0 Å². The second kappa shape index (κ2) is 5.04. The highest BCUT2D eigenvalue weighted by molar-refractivity contribution is 5.81. The van der Waals surface area contributed by atoms with Crippen LogP contribution in [0.1, 0.15) is 25.3 Å². The standard InChI is InChI=1S/C16H20N2O2/c1-16(20)7-4-8-18(11-16)15-13(10-19)9-12-5-2-3-6-14(12)17-15/h2-3,5-6,9,19-20H,4,7-8,10-11H2,1H3. The third kappa shape index (κ3) is 2.49. The van der Waals surface area contributed by atoms with Gasteiger partial charge in [-0.05, 0) is 31.9 Å². The fourth-order valence-corrected chi connectivity index (χ4v) is 2.94. The van der Waals surface area contributed by atoms with Crippen LogP contribution in [0.5, 0.6) is 0 Å². The molecule has 1 aromatic heterocycles. The van der Waals surface area contributed by atoms with Crippen LogP contribution in [0.4, 0.5) is 5.82 Å². The average molecular weight is 272 g/mol. The van der Waals surface area contributed by atoms with E-state index in [1.165, 1.54) is 0 Å². The fraction of sp³-hybridized carbons (Fsp3) is 0.438. The molecule has 1 aliphatic rings. The molecule has 0 bridgehead atoms. The Morgan fingerprint density at radius 1 is 1.35 bits per heavy atom. The van der Waals surface area contributed by atoms with E-state index in [1.54, 1.807) is 0 Å². The molecule has 106 valence electrons. The maximum absolute atomic E-state index is 10.3. The number of aromatic nitrogens is 1. The van der Waals surface area contributed by atoms with Crippen molar-refractivity contribution in [3.63, 3.8) is 0 Å². The Labute approximate surface area is 118 Å². The Morgan fingerprint density at radius 3 is 2.90 bits per heavy atom. The molecule has 2 N–H and O–H groups in total. The minimum Gasteiger partial charge on any atom is -0.392 e. The smallest absolute Gasteiger partial charge is 0.134 e. The number of aliphatic hydroxyl groups excluding tert-OH is 1. The first-order valence-electron chi connectivity index (χ1n) is 7.06. The number of aliphatic hydroxyl groups is 2. The Hall–Kier alpha value is -1.65. The van der Waals surface area contributed by atoms with Crippen molar-refractivity contribution in [2.75, 3.05) is 18.0 Å². The van der Waals surface area contributed by atoms with Gasteiger partial charge in [-0.15, -0.1) is 0 Å². The van der Waals surface area contributed by atoms with E-state index in [9.17, 15) is 10.2 Å². The fourth-order valence-electron chi connectivity index (χ4n) is 2.94. The second-order valence-electron chi connectivity index (χ2n) is 5.84. The first-order valence-corrected chi connectivity index (χ1v) is 7.06. The number of anilines is 1. The highest BCUT2D eigenvalue weighted by Crippen LogP contribution is 2.29. The molecule has 2 heterocycles. The number of fused-ring (bicyclic) bond motifs is 1. The third-order valence-corrected chi connectivity index (χ3v) is 3.92. The highest BCUT2D eigenvalue weighted by atomic mass is 16.3. The molecule has 0 amide bonds. The minimum atomic E-state index is -0.682. The molecule has 1 fully saturated rings. The van der Waals surface area contributed by atoms with Gasteiger partial charge < -0.3 is 15.1 Å². The molecule has 0 saturated carbocycles. The van der Waals surface area contributed by atoms with Crippen molar-refractivity contribution < 1.29 is 10.2 Å². The van der Waals surface area contributed by atoms with Crippen LogP contribution < -0.4 is 4.90 Å². The molecular weight excluding hydrogens is 252 g/mol. The second-order valence-corrected chi connectivity index (χ2v) is 5.84. The normalized spacial score (nSPS) is 23.2. The minimum absolute atomic E-state index is 0.0359. The Kier molecular flexibility index (Phi) is 3.36. The lowest BCUT2D eigenvalue weighted by Crippen LogP contribution is -2.46. The molecule has 1 aliphatic heterocycles. The van der Waals surface area contributed by atoms with Gasteiger partial charge in [0.2, 0.25) is 0 Å². The van der Waals surface area contributed by atoms with Gasteiger partial charge in [0.15, 0.2) is 0 Å². The molecule has 4 nitrogen and oxygen atoms in total. The van der Waals surface area contributed by atoms with Gasteiger partial charge in [-0.3, -0.25) is 0 Å². The number of hydrogen-bond donors (Lipinski definition) is 2. The van der Waals surface area contributed by atoms with Crippen molar-refractivity contribution in [1.82, 2.24) is 4.98 Å². The summed E-state index contributed by atoms with van der Waals surface area (Å²) in [7, 11) is 0. The molecule has 2 aromatic rings. The van der Waals surface area contributed by atoms with Gasteiger partial charge >= 0.3 is 0 Å². The summed E-state index contributed by atoms with van der Waals surface area (Å²) in [6, 6.07) is 9.89. The van der Waals surface area contributed by atoms with Crippen LogP contribution in [0.3, 0.4) is 0 Å². The lowest BCUT2D eigenvalue weighted by Gasteiger charge is -2.38. The molecule has 0 spiro atoms. The van der Waals surface area contributed by atoms with Crippen LogP contribution in [0, 0.1) is 0 Å². The summed E-state index contributed by atoms with van der Waals surface area (Å²) in [5.41, 5.74) is 1.06. The monoisotopic (exact) mass is 272 g/mol. The summed E-state index contributed by atoms with van der Waals surface area (Å²) in [4.78, 5) is 6.77. The summed E-state index contributed by atoms with van der Waals surface area (Å²) in [6.07, 6.45) is 1.75. The van der Waals surface area contributed by atoms with E-state index in [-0.39, 0.29) is 6.61 Å². The summed E-state index contributed by atoms with van der Waals surface area (Å²) in [6.45, 7) is 3.25. The van der Waals surface area contributed by atoms with Gasteiger partial charge in [0, 0.05) is 24.0 Å². The van der Waals surface area contributed by atoms with Gasteiger partial charge in [0.05, 0.1) is 17.7 Å². The first-order chi connectivity index (χ1) is 9.59. The molecule has 20 heavy (non-hydrogen) atoms. The van der Waals surface area contributed by atoms with E-state index in [4.69, 9.17) is 4.98 Å². The van der Waals surface area contributed by atoms with Crippen molar-refractivity contribution in [2.45, 2.75) is 32.0 Å². The molecule has 0 radical (unpaired) electrons. The van der Waals surface area contributed by atoms with Crippen LogP contribution in [0.25, 0.3) is 10.9 Å². The summed E-state index contributed by atoms with van der Waals surface area (Å²) >= 11 is 0. The number of nitrogens with zero attached hydrogens (tertiary/aromatic N) is 2. The van der Waals surface area contributed by atoms with Gasteiger partial charge in [0.25, 0.3) is 0 Å². The van der Waals surface area contributed by atoms with Crippen LogP contribution in [0.15, 0.2) is 30.3 Å². The van der Waals surface area contributed by atoms with E-state index in [2.05, 4.69) is 4.90 Å².